The summed E-state index contributed by atoms with van der Waals surface area (Å²) in [5, 5.41) is 14.0. The number of hydrogen-bond acceptors (Lipinski definition) is 5. The number of aromatic nitrogens is 1. The summed E-state index contributed by atoms with van der Waals surface area (Å²) in [6.07, 6.45) is 0. The molecule has 3 aromatic rings. The molecule has 8 heteroatoms. The highest BCUT2D eigenvalue weighted by Crippen LogP contribution is 2.33. The largest absolute Gasteiger partial charge is 0.505 e. The van der Waals surface area contributed by atoms with Crippen molar-refractivity contribution in [2.45, 2.75) is 0 Å². The van der Waals surface area contributed by atoms with E-state index in [9.17, 15) is 14.3 Å². The van der Waals surface area contributed by atoms with Crippen LogP contribution < -0.4 is 5.32 Å². The van der Waals surface area contributed by atoms with Crippen LogP contribution >= 0.6 is 38.6 Å². The molecule has 1 amide bonds. The van der Waals surface area contributed by atoms with E-state index in [4.69, 9.17) is 0 Å². The van der Waals surface area contributed by atoms with Gasteiger partial charge in [-0.05, 0) is 40.2 Å². The monoisotopic (exact) mass is 398 g/mol. The minimum Gasteiger partial charge on any atom is -0.505 e. The van der Waals surface area contributed by atoms with Crippen LogP contribution in [0, 0.1) is 5.82 Å². The zero-order chi connectivity index (χ0) is 15.7. The van der Waals surface area contributed by atoms with Crippen LogP contribution in [0.15, 0.2) is 39.5 Å². The Kier molecular flexibility index (Phi) is 4.23. The van der Waals surface area contributed by atoms with Gasteiger partial charge in [-0.25, -0.2) is 9.37 Å². The second-order valence-electron chi connectivity index (χ2n) is 4.23. The first kappa shape index (κ1) is 15.1. The standard InChI is InChI=1S/C14H8BrFN2O2S2/c15-11-5-4-10(22-11)14-18-8(6-21-14)13(20)17-7-2-1-3-9(19)12(7)16/h1-6,19H,(H,17,20). The molecule has 0 unspecified atom stereocenters. The van der Waals surface area contributed by atoms with Crippen molar-refractivity contribution in [2.24, 2.45) is 0 Å². The molecule has 4 nitrogen and oxygen atoms in total. The number of phenolic OH excluding ortho intramolecular Hbond substituents is 1. The highest BCUT2D eigenvalue weighted by molar-refractivity contribution is 9.11. The van der Waals surface area contributed by atoms with E-state index in [1.165, 1.54) is 40.9 Å². The maximum atomic E-state index is 13.7. The molecule has 0 aliphatic rings. The molecule has 2 aromatic heterocycles. The number of thiazole rings is 1. The third-order valence-electron chi connectivity index (χ3n) is 2.75. The molecule has 0 aliphatic carbocycles. The van der Waals surface area contributed by atoms with Gasteiger partial charge in [-0.3, -0.25) is 4.79 Å². The van der Waals surface area contributed by atoms with Crippen molar-refractivity contribution >= 4 is 50.2 Å². The van der Waals surface area contributed by atoms with Gasteiger partial charge in [0.15, 0.2) is 11.6 Å². The zero-order valence-corrected chi connectivity index (χ0v) is 14.1. The van der Waals surface area contributed by atoms with E-state index in [-0.39, 0.29) is 11.4 Å². The van der Waals surface area contributed by atoms with Gasteiger partial charge in [0.2, 0.25) is 0 Å². The average Bonchev–Trinajstić information content (AvgIpc) is 3.12. The maximum absolute atomic E-state index is 13.7. The summed E-state index contributed by atoms with van der Waals surface area (Å²) in [5.74, 6) is -1.91. The number of thiophene rings is 1. The van der Waals surface area contributed by atoms with Gasteiger partial charge in [0.05, 0.1) is 14.4 Å². The number of anilines is 1. The number of aromatic hydroxyl groups is 1. The number of amides is 1. The molecule has 1 aromatic carbocycles. The predicted molar refractivity (Wildman–Crippen MR) is 89.1 cm³/mol. The van der Waals surface area contributed by atoms with Gasteiger partial charge < -0.3 is 10.4 Å². The molecular weight excluding hydrogens is 391 g/mol. The summed E-state index contributed by atoms with van der Waals surface area (Å²) < 4.78 is 14.6. The van der Waals surface area contributed by atoms with Crippen molar-refractivity contribution in [3.05, 3.63) is 51.0 Å². The molecule has 112 valence electrons. The fraction of sp³-hybridized carbons (Fsp3) is 0. The normalized spacial score (nSPS) is 10.6. The molecule has 0 spiro atoms. The summed E-state index contributed by atoms with van der Waals surface area (Å²) in [6.45, 7) is 0. The number of benzene rings is 1. The molecular formula is C14H8BrFN2O2S2. The Balaban J connectivity index is 1.81. The molecule has 0 saturated carbocycles. The van der Waals surface area contributed by atoms with Crippen LogP contribution in [0.1, 0.15) is 10.5 Å². The first-order valence-corrected chi connectivity index (χ1v) is 8.53. The lowest BCUT2D eigenvalue weighted by molar-refractivity contribution is 0.102. The van der Waals surface area contributed by atoms with Gasteiger partial charge in [-0.2, -0.15) is 0 Å². The third kappa shape index (κ3) is 3.03. The highest BCUT2D eigenvalue weighted by atomic mass is 79.9. The summed E-state index contributed by atoms with van der Waals surface area (Å²) in [6, 6.07) is 7.84. The first-order chi connectivity index (χ1) is 10.5. The Bertz CT molecular complexity index is 847. The number of nitrogens with zero attached hydrogens (tertiary/aromatic N) is 1. The van der Waals surface area contributed by atoms with E-state index in [0.29, 0.717) is 0 Å². The minimum absolute atomic E-state index is 0.0848. The lowest BCUT2D eigenvalue weighted by atomic mass is 10.2. The molecule has 3 rings (SSSR count). The van der Waals surface area contributed by atoms with E-state index in [0.717, 1.165) is 13.7 Å². The number of phenols is 1. The van der Waals surface area contributed by atoms with Crippen LogP contribution in [0.3, 0.4) is 0 Å². The SMILES string of the molecule is O=C(Nc1cccc(O)c1F)c1csc(-c2ccc(Br)s2)n1. The number of halogens is 2. The molecule has 0 atom stereocenters. The lowest BCUT2D eigenvalue weighted by Gasteiger charge is -2.05. The molecule has 22 heavy (non-hydrogen) atoms. The number of carbonyl (C=O) groups is 1. The Morgan fingerprint density at radius 2 is 2.14 bits per heavy atom. The molecule has 0 bridgehead atoms. The molecule has 2 N–H and O–H groups in total. The number of hydrogen-bond donors (Lipinski definition) is 2. The number of nitrogens with one attached hydrogen (secondary N) is 1. The molecule has 0 radical (unpaired) electrons. The van der Waals surface area contributed by atoms with Crippen LogP contribution in [0.5, 0.6) is 5.75 Å². The van der Waals surface area contributed by atoms with Crippen molar-refractivity contribution in [3.63, 3.8) is 0 Å². The van der Waals surface area contributed by atoms with Crippen LogP contribution in [0.2, 0.25) is 0 Å². The second-order valence-corrected chi connectivity index (χ2v) is 7.56. The second kappa shape index (κ2) is 6.15. The van der Waals surface area contributed by atoms with Crippen molar-refractivity contribution in [1.29, 1.82) is 0 Å². The van der Waals surface area contributed by atoms with E-state index >= 15 is 0 Å². The van der Waals surface area contributed by atoms with E-state index in [1.54, 1.807) is 5.38 Å². The fourth-order valence-electron chi connectivity index (χ4n) is 1.72. The van der Waals surface area contributed by atoms with Gasteiger partial charge in [0, 0.05) is 5.38 Å². The van der Waals surface area contributed by atoms with Crippen LogP contribution in [-0.4, -0.2) is 16.0 Å². The summed E-state index contributed by atoms with van der Waals surface area (Å²) in [4.78, 5) is 17.3. The van der Waals surface area contributed by atoms with Crippen LogP contribution in [0.4, 0.5) is 10.1 Å². The van der Waals surface area contributed by atoms with Gasteiger partial charge in [0.25, 0.3) is 5.91 Å². The van der Waals surface area contributed by atoms with E-state index in [1.807, 2.05) is 12.1 Å². The first-order valence-electron chi connectivity index (χ1n) is 6.04. The third-order valence-corrected chi connectivity index (χ3v) is 5.38. The van der Waals surface area contributed by atoms with Gasteiger partial charge in [0.1, 0.15) is 10.7 Å². The maximum Gasteiger partial charge on any atom is 0.275 e. The van der Waals surface area contributed by atoms with Gasteiger partial charge in [-0.15, -0.1) is 22.7 Å². The van der Waals surface area contributed by atoms with E-state index < -0.39 is 17.5 Å². The Hall–Kier alpha value is -1.77. The summed E-state index contributed by atoms with van der Waals surface area (Å²) >= 11 is 6.23. The topological polar surface area (TPSA) is 62.2 Å². The Morgan fingerprint density at radius 3 is 2.86 bits per heavy atom. The van der Waals surface area contributed by atoms with E-state index in [2.05, 4.69) is 26.2 Å². The highest BCUT2D eigenvalue weighted by Gasteiger charge is 2.15. The average molecular weight is 399 g/mol. The van der Waals surface area contributed by atoms with Crippen LogP contribution in [-0.2, 0) is 0 Å². The van der Waals surface area contributed by atoms with Gasteiger partial charge in [-0.1, -0.05) is 6.07 Å². The zero-order valence-electron chi connectivity index (χ0n) is 10.8. The Labute approximate surface area is 141 Å². The molecule has 0 saturated heterocycles. The van der Waals surface area contributed by atoms with Crippen molar-refractivity contribution in [3.8, 4) is 15.6 Å². The van der Waals surface area contributed by atoms with Crippen molar-refractivity contribution in [2.75, 3.05) is 5.32 Å². The van der Waals surface area contributed by atoms with Crippen LogP contribution in [0.25, 0.3) is 9.88 Å². The lowest BCUT2D eigenvalue weighted by Crippen LogP contribution is -2.13. The summed E-state index contributed by atoms with van der Waals surface area (Å²) in [5.41, 5.74) is 0.116. The molecule has 2 heterocycles. The fourth-order valence-corrected chi connectivity index (χ4v) is 3.98. The molecule has 0 aliphatic heterocycles. The number of rotatable bonds is 3. The van der Waals surface area contributed by atoms with Crippen molar-refractivity contribution in [1.82, 2.24) is 4.98 Å². The van der Waals surface area contributed by atoms with Crippen molar-refractivity contribution < 1.29 is 14.3 Å². The molecule has 0 fully saturated rings. The predicted octanol–water partition coefficient (Wildman–Crippen LogP) is 4.73. The smallest absolute Gasteiger partial charge is 0.275 e. The van der Waals surface area contributed by atoms with Gasteiger partial charge >= 0.3 is 0 Å². The summed E-state index contributed by atoms with van der Waals surface area (Å²) in [7, 11) is 0. The minimum atomic E-state index is -0.867. The Morgan fingerprint density at radius 1 is 1.32 bits per heavy atom. The quantitative estimate of drug-likeness (QED) is 0.669. The number of carbonyl (C=O) groups excluding carboxylic acids is 1.